The van der Waals surface area contributed by atoms with Crippen LogP contribution in [0.25, 0.3) is 0 Å². The van der Waals surface area contributed by atoms with Gasteiger partial charge >= 0.3 is 0 Å². The van der Waals surface area contributed by atoms with E-state index in [1.165, 1.54) is 17.3 Å². The lowest BCUT2D eigenvalue weighted by Gasteiger charge is -2.41. The van der Waals surface area contributed by atoms with E-state index in [-0.39, 0.29) is 21.6 Å². The van der Waals surface area contributed by atoms with E-state index in [1.807, 2.05) is 13.8 Å². The van der Waals surface area contributed by atoms with Crippen LogP contribution in [0.1, 0.15) is 78.4 Å². The number of likely N-dealkylation sites (tertiary alicyclic amines) is 1. The first-order chi connectivity index (χ1) is 19.7. The topological polar surface area (TPSA) is 96.5 Å². The highest BCUT2D eigenvalue weighted by Gasteiger charge is 2.29. The number of hydrogen-bond donors (Lipinski definition) is 2. The second kappa shape index (κ2) is 12.8. The van der Waals surface area contributed by atoms with Crippen molar-refractivity contribution in [2.75, 3.05) is 23.7 Å². The van der Waals surface area contributed by atoms with Crippen LogP contribution in [0, 0.1) is 6.92 Å². The molecule has 1 fully saturated rings. The Morgan fingerprint density at radius 2 is 1.69 bits per heavy atom. The smallest absolute Gasteiger partial charge is 0.229 e. The highest BCUT2D eigenvalue weighted by molar-refractivity contribution is 7.92. The van der Waals surface area contributed by atoms with E-state index in [4.69, 9.17) is 16.3 Å². The zero-order valence-corrected chi connectivity index (χ0v) is 27.5. The first kappa shape index (κ1) is 32.0. The second-order valence-corrected chi connectivity index (χ2v) is 15.4. The van der Waals surface area contributed by atoms with Crippen molar-refractivity contribution in [3.63, 3.8) is 0 Å². The summed E-state index contributed by atoms with van der Waals surface area (Å²) in [5, 5.41) is 6.13. The number of para-hydroxylation sites is 1. The van der Waals surface area contributed by atoms with Crippen LogP contribution < -0.4 is 15.4 Å². The molecule has 2 aromatic carbocycles. The van der Waals surface area contributed by atoms with Gasteiger partial charge in [-0.2, -0.15) is 4.98 Å². The summed E-state index contributed by atoms with van der Waals surface area (Å²) in [6.07, 6.45) is 3.68. The van der Waals surface area contributed by atoms with Crippen LogP contribution in [0.2, 0.25) is 5.02 Å². The number of aromatic nitrogens is 2. The van der Waals surface area contributed by atoms with Crippen LogP contribution in [-0.2, 0) is 9.84 Å². The number of hydrogen-bond acceptors (Lipinski definition) is 8. The SMILES string of the molecule is Cc1cc(Nc2ncc(Cl)c(Nc3ccccc3S(=O)(=O)C(C)C)n2)c(OC(C)C)cc1C1CCN(C(C)(C)C)CC1. The fraction of sp³-hybridized carbons (Fsp3) is 0.500. The molecule has 1 aliphatic rings. The maximum Gasteiger partial charge on any atom is 0.229 e. The van der Waals surface area contributed by atoms with E-state index >= 15 is 0 Å². The van der Waals surface area contributed by atoms with E-state index in [9.17, 15) is 8.42 Å². The maximum atomic E-state index is 13.0. The summed E-state index contributed by atoms with van der Waals surface area (Å²) in [7, 11) is -3.53. The van der Waals surface area contributed by atoms with Crippen molar-refractivity contribution < 1.29 is 13.2 Å². The van der Waals surface area contributed by atoms with E-state index in [0.29, 0.717) is 23.4 Å². The number of halogens is 1. The largest absolute Gasteiger partial charge is 0.489 e. The Morgan fingerprint density at radius 1 is 1.02 bits per heavy atom. The van der Waals surface area contributed by atoms with Gasteiger partial charge < -0.3 is 15.4 Å². The summed E-state index contributed by atoms with van der Waals surface area (Å²) in [5.41, 5.74) is 3.83. The quantitative estimate of drug-likeness (QED) is 0.252. The molecular formula is C32H44ClN5O3S. The van der Waals surface area contributed by atoms with E-state index in [1.54, 1.807) is 38.1 Å². The number of sulfone groups is 1. The third-order valence-corrected chi connectivity index (χ3v) is 10.2. The lowest BCUT2D eigenvalue weighted by Crippen LogP contribution is -2.45. The molecule has 0 saturated carbocycles. The number of rotatable bonds is 9. The van der Waals surface area contributed by atoms with Gasteiger partial charge in [0.15, 0.2) is 15.7 Å². The highest BCUT2D eigenvalue weighted by atomic mass is 35.5. The Balaban J connectivity index is 1.62. The van der Waals surface area contributed by atoms with Gasteiger partial charge in [-0.25, -0.2) is 13.4 Å². The fourth-order valence-corrected chi connectivity index (χ4v) is 6.63. The molecule has 2 heterocycles. The molecule has 42 heavy (non-hydrogen) atoms. The normalized spacial score (nSPS) is 15.3. The molecule has 8 nitrogen and oxygen atoms in total. The highest BCUT2D eigenvalue weighted by Crippen LogP contribution is 2.39. The van der Waals surface area contributed by atoms with Crippen LogP contribution in [0.3, 0.4) is 0 Å². The Morgan fingerprint density at radius 3 is 2.31 bits per heavy atom. The molecule has 0 unspecified atom stereocenters. The van der Waals surface area contributed by atoms with Gasteiger partial charge in [-0.15, -0.1) is 0 Å². The average molecular weight is 614 g/mol. The van der Waals surface area contributed by atoms with Crippen LogP contribution in [0.4, 0.5) is 23.1 Å². The number of piperidine rings is 1. The average Bonchev–Trinajstić information content (AvgIpc) is 2.91. The van der Waals surface area contributed by atoms with Gasteiger partial charge in [0.1, 0.15) is 10.8 Å². The Hall–Kier alpha value is -2.88. The molecule has 0 radical (unpaired) electrons. The summed E-state index contributed by atoms with van der Waals surface area (Å²) in [6.45, 7) is 18.4. The predicted molar refractivity (Wildman–Crippen MR) is 173 cm³/mol. The number of ether oxygens (including phenoxy) is 1. The number of nitrogens with one attached hydrogen (secondary N) is 2. The molecule has 0 aliphatic carbocycles. The van der Waals surface area contributed by atoms with Crippen molar-refractivity contribution in [2.45, 2.75) is 95.9 Å². The van der Waals surface area contributed by atoms with Crippen molar-refractivity contribution >= 4 is 44.6 Å². The minimum Gasteiger partial charge on any atom is -0.489 e. The van der Waals surface area contributed by atoms with Gasteiger partial charge in [0.05, 0.1) is 33.8 Å². The monoisotopic (exact) mass is 613 g/mol. The minimum absolute atomic E-state index is 0.0217. The van der Waals surface area contributed by atoms with E-state index < -0.39 is 15.1 Å². The molecule has 2 N–H and O–H groups in total. The lowest BCUT2D eigenvalue weighted by molar-refractivity contribution is 0.102. The molecule has 1 saturated heterocycles. The summed E-state index contributed by atoms with van der Waals surface area (Å²) < 4.78 is 32.2. The van der Waals surface area contributed by atoms with Gasteiger partial charge in [0.25, 0.3) is 0 Å². The molecule has 1 aromatic heterocycles. The van der Waals surface area contributed by atoms with Crippen molar-refractivity contribution in [3.8, 4) is 5.75 Å². The van der Waals surface area contributed by atoms with Crippen molar-refractivity contribution in [3.05, 3.63) is 58.7 Å². The van der Waals surface area contributed by atoms with Crippen LogP contribution in [0.5, 0.6) is 5.75 Å². The maximum absolute atomic E-state index is 13.0. The zero-order valence-electron chi connectivity index (χ0n) is 26.0. The number of anilines is 4. The number of nitrogens with zero attached hydrogens (tertiary/aromatic N) is 3. The second-order valence-electron chi connectivity index (χ2n) is 12.5. The zero-order chi connectivity index (χ0) is 30.8. The van der Waals surface area contributed by atoms with Gasteiger partial charge in [-0.1, -0.05) is 23.7 Å². The molecule has 3 aromatic rings. The Labute approximate surface area is 256 Å². The first-order valence-corrected chi connectivity index (χ1v) is 16.5. The third-order valence-electron chi connectivity index (χ3n) is 7.67. The fourth-order valence-electron chi connectivity index (χ4n) is 5.29. The summed E-state index contributed by atoms with van der Waals surface area (Å²) >= 11 is 6.46. The molecule has 0 bridgehead atoms. The van der Waals surface area contributed by atoms with Crippen LogP contribution in [-0.4, -0.2) is 53.3 Å². The molecule has 1 aliphatic heterocycles. The molecule has 0 atom stereocenters. The molecule has 228 valence electrons. The van der Waals surface area contributed by atoms with Gasteiger partial charge in [-0.05, 0) is 123 Å². The van der Waals surface area contributed by atoms with Crippen LogP contribution in [0.15, 0.2) is 47.5 Å². The lowest BCUT2D eigenvalue weighted by atomic mass is 9.85. The first-order valence-electron chi connectivity index (χ1n) is 14.6. The third kappa shape index (κ3) is 7.36. The van der Waals surface area contributed by atoms with Crippen molar-refractivity contribution in [2.24, 2.45) is 0 Å². The number of aryl methyl sites for hydroxylation is 1. The predicted octanol–water partition coefficient (Wildman–Crippen LogP) is 7.87. The summed E-state index contributed by atoms with van der Waals surface area (Å²) in [5.74, 6) is 1.82. The summed E-state index contributed by atoms with van der Waals surface area (Å²) in [6, 6.07) is 11.0. The molecule has 0 spiro atoms. The standard InChI is InChI=1S/C32H44ClN5O3S/c1-20(2)41-28-18-24(23-13-15-38(16-14-23)32(6,7)8)22(5)17-27(28)36-31-34-19-25(33)30(37-31)35-26-11-9-10-12-29(26)42(39,40)21(3)4/h9-12,17-21,23H,13-16H2,1-8H3,(H2,34,35,36,37). The van der Waals surface area contributed by atoms with E-state index in [2.05, 4.69) is 65.3 Å². The van der Waals surface area contributed by atoms with Gasteiger partial charge in [-0.3, -0.25) is 4.90 Å². The van der Waals surface area contributed by atoms with Gasteiger partial charge in [0, 0.05) is 5.54 Å². The van der Waals surface area contributed by atoms with Crippen LogP contribution >= 0.6 is 11.6 Å². The molecule has 10 heteroatoms. The van der Waals surface area contributed by atoms with Gasteiger partial charge in [0.2, 0.25) is 5.95 Å². The Kier molecular flexibility index (Phi) is 9.75. The molecule has 0 amide bonds. The minimum atomic E-state index is -3.53. The Bertz CT molecular complexity index is 1510. The molecule has 4 rings (SSSR count). The summed E-state index contributed by atoms with van der Waals surface area (Å²) in [4.78, 5) is 11.7. The van der Waals surface area contributed by atoms with Crippen molar-refractivity contribution in [1.82, 2.24) is 14.9 Å². The molecular weight excluding hydrogens is 570 g/mol. The van der Waals surface area contributed by atoms with E-state index in [0.717, 1.165) is 37.4 Å². The van der Waals surface area contributed by atoms with Crippen molar-refractivity contribution in [1.29, 1.82) is 0 Å². The number of benzene rings is 2.